The lowest BCUT2D eigenvalue weighted by atomic mass is 10.1. The van der Waals surface area contributed by atoms with Gasteiger partial charge in [-0.2, -0.15) is 26.3 Å². The van der Waals surface area contributed by atoms with Gasteiger partial charge in [-0.15, -0.1) is 0 Å². The molecule has 0 saturated heterocycles. The smallest absolute Gasteiger partial charge is 0.292 e. The van der Waals surface area contributed by atoms with Crippen LogP contribution in [0.2, 0.25) is 0 Å². The first-order chi connectivity index (χ1) is 9.01. The van der Waals surface area contributed by atoms with Gasteiger partial charge in [0.1, 0.15) is 6.61 Å². The molecule has 0 amide bonds. The first-order valence-corrected chi connectivity index (χ1v) is 5.91. The molecule has 0 spiro atoms. The zero-order valence-corrected chi connectivity index (χ0v) is 10.2. The summed E-state index contributed by atoms with van der Waals surface area (Å²) in [6, 6.07) is 3.09. The maximum absolute atomic E-state index is 12.4. The van der Waals surface area contributed by atoms with Crippen molar-refractivity contribution in [2.75, 3.05) is 6.61 Å². The number of alkyl halides is 6. The van der Waals surface area contributed by atoms with Gasteiger partial charge in [0.25, 0.3) is 11.1 Å². The van der Waals surface area contributed by atoms with Gasteiger partial charge < -0.3 is 0 Å². The fraction of sp³-hybridized carbons (Fsp3) is 0.300. The number of Topliss-reactive ketones (excluding diaryl/α,β-unsaturated/α-hetero) is 1. The van der Waals surface area contributed by atoms with Crippen LogP contribution in [0.5, 0.6) is 0 Å². The maximum atomic E-state index is 12.4. The molecule has 1 aromatic carbocycles. The van der Waals surface area contributed by atoms with Crippen molar-refractivity contribution < 1.29 is 39.5 Å². The standard InChI is InChI=1S/C10H6F6O3S/c11-9(12,13)7-3-1-2-6(4-7)8(17)5-19-20(18)10(14,15)16/h1-4H,5H2. The van der Waals surface area contributed by atoms with E-state index in [1.54, 1.807) is 0 Å². The van der Waals surface area contributed by atoms with Crippen LogP contribution in [-0.4, -0.2) is 22.1 Å². The minimum absolute atomic E-state index is 0.474. The molecule has 0 aliphatic carbocycles. The van der Waals surface area contributed by atoms with Crippen LogP contribution < -0.4 is 0 Å². The maximum Gasteiger partial charge on any atom is 0.497 e. The molecular formula is C10H6F6O3S. The summed E-state index contributed by atoms with van der Waals surface area (Å²) in [5.41, 5.74) is -6.77. The summed E-state index contributed by atoms with van der Waals surface area (Å²) in [7, 11) is 0. The predicted octanol–water partition coefficient (Wildman–Crippen LogP) is 3.09. The van der Waals surface area contributed by atoms with Crippen LogP contribution >= 0.6 is 0 Å². The number of ketones is 1. The Hall–Kier alpha value is -1.42. The molecule has 0 aliphatic heterocycles. The van der Waals surface area contributed by atoms with E-state index in [4.69, 9.17) is 0 Å². The molecule has 1 aromatic rings. The number of rotatable bonds is 4. The van der Waals surface area contributed by atoms with Crippen molar-refractivity contribution in [2.45, 2.75) is 11.7 Å². The Morgan fingerprint density at radius 2 is 1.75 bits per heavy atom. The van der Waals surface area contributed by atoms with E-state index in [0.29, 0.717) is 12.1 Å². The Bertz CT molecular complexity index is 522. The van der Waals surface area contributed by atoms with Crippen molar-refractivity contribution >= 4 is 16.9 Å². The van der Waals surface area contributed by atoms with Crippen LogP contribution in [-0.2, 0) is 21.4 Å². The summed E-state index contributed by atoms with van der Waals surface area (Å²) in [6.07, 6.45) is -4.69. The van der Waals surface area contributed by atoms with Gasteiger partial charge >= 0.3 is 11.7 Å². The quantitative estimate of drug-likeness (QED) is 0.632. The Morgan fingerprint density at radius 3 is 2.25 bits per heavy atom. The van der Waals surface area contributed by atoms with Crippen LogP contribution in [0.25, 0.3) is 0 Å². The van der Waals surface area contributed by atoms with E-state index < -0.39 is 46.3 Å². The van der Waals surface area contributed by atoms with Crippen molar-refractivity contribution in [2.24, 2.45) is 0 Å². The van der Waals surface area contributed by atoms with Crippen LogP contribution in [0.15, 0.2) is 24.3 Å². The molecule has 112 valence electrons. The average molecular weight is 320 g/mol. The van der Waals surface area contributed by atoms with Crippen LogP contribution in [0.1, 0.15) is 15.9 Å². The van der Waals surface area contributed by atoms with Gasteiger partial charge in [-0.05, 0) is 12.1 Å². The zero-order valence-electron chi connectivity index (χ0n) is 9.42. The summed E-state index contributed by atoms with van der Waals surface area (Å²) < 4.78 is 86.8. The van der Waals surface area contributed by atoms with Crippen LogP contribution in [0.4, 0.5) is 26.3 Å². The second kappa shape index (κ2) is 5.92. The molecule has 10 heteroatoms. The summed E-state index contributed by atoms with van der Waals surface area (Å²) in [4.78, 5) is 11.4. The molecular weight excluding hydrogens is 314 g/mol. The molecule has 0 aromatic heterocycles. The molecule has 0 fully saturated rings. The molecule has 0 heterocycles. The van der Waals surface area contributed by atoms with E-state index in [0.717, 1.165) is 12.1 Å². The van der Waals surface area contributed by atoms with Crippen molar-refractivity contribution in [3.8, 4) is 0 Å². The number of hydrogen-bond donors (Lipinski definition) is 0. The number of carbonyl (C=O) groups is 1. The SMILES string of the molecule is O=C(COS(=O)C(F)(F)F)c1cccc(C(F)(F)F)c1. The van der Waals surface area contributed by atoms with Gasteiger partial charge in [0.2, 0.25) is 0 Å². The minimum atomic E-state index is -5.16. The highest BCUT2D eigenvalue weighted by Crippen LogP contribution is 2.29. The highest BCUT2D eigenvalue weighted by molar-refractivity contribution is 7.81. The van der Waals surface area contributed by atoms with Crippen molar-refractivity contribution in [3.63, 3.8) is 0 Å². The van der Waals surface area contributed by atoms with Gasteiger partial charge in [-0.25, -0.2) is 4.21 Å². The normalized spacial score (nSPS) is 14.1. The Balaban J connectivity index is 2.77. The van der Waals surface area contributed by atoms with E-state index in [-0.39, 0.29) is 0 Å². The minimum Gasteiger partial charge on any atom is -0.292 e. The highest BCUT2D eigenvalue weighted by atomic mass is 32.2. The third-order valence-electron chi connectivity index (χ3n) is 2.00. The largest absolute Gasteiger partial charge is 0.497 e. The molecule has 0 radical (unpaired) electrons. The van der Waals surface area contributed by atoms with E-state index in [2.05, 4.69) is 4.18 Å². The zero-order chi connectivity index (χ0) is 15.6. The Kier molecular flexibility index (Phi) is 4.92. The lowest BCUT2D eigenvalue weighted by molar-refractivity contribution is -0.137. The van der Waals surface area contributed by atoms with Crippen molar-refractivity contribution in [1.29, 1.82) is 0 Å². The molecule has 1 atom stereocenters. The van der Waals surface area contributed by atoms with E-state index >= 15 is 0 Å². The summed E-state index contributed by atoms with van der Waals surface area (Å²) >= 11 is -3.70. The van der Waals surface area contributed by atoms with Crippen LogP contribution in [0.3, 0.4) is 0 Å². The van der Waals surface area contributed by atoms with Crippen LogP contribution in [0, 0.1) is 0 Å². The number of halogens is 6. The topological polar surface area (TPSA) is 43.4 Å². The predicted molar refractivity (Wildman–Crippen MR) is 55.9 cm³/mol. The Morgan fingerprint density at radius 1 is 1.15 bits per heavy atom. The molecule has 3 nitrogen and oxygen atoms in total. The highest BCUT2D eigenvalue weighted by Gasteiger charge is 2.39. The fourth-order valence-electron chi connectivity index (χ4n) is 1.13. The van der Waals surface area contributed by atoms with E-state index in [1.165, 1.54) is 0 Å². The average Bonchev–Trinajstić information content (AvgIpc) is 2.33. The third kappa shape index (κ3) is 4.60. The first kappa shape index (κ1) is 16.6. The van der Waals surface area contributed by atoms with Crippen molar-refractivity contribution in [3.05, 3.63) is 35.4 Å². The lowest BCUT2D eigenvalue weighted by Gasteiger charge is -2.09. The molecule has 1 rings (SSSR count). The Labute approximate surface area is 111 Å². The molecule has 0 bridgehead atoms. The summed E-state index contributed by atoms with van der Waals surface area (Å²) in [5.74, 6) is -1.14. The molecule has 0 saturated carbocycles. The fourth-order valence-corrected chi connectivity index (χ4v) is 1.47. The van der Waals surface area contributed by atoms with Gasteiger partial charge in [-0.3, -0.25) is 8.98 Å². The molecule has 20 heavy (non-hydrogen) atoms. The number of hydrogen-bond acceptors (Lipinski definition) is 3. The monoisotopic (exact) mass is 320 g/mol. The third-order valence-corrected chi connectivity index (χ3v) is 2.71. The van der Waals surface area contributed by atoms with Crippen molar-refractivity contribution in [1.82, 2.24) is 0 Å². The second-order valence-corrected chi connectivity index (χ2v) is 4.61. The number of benzene rings is 1. The number of carbonyl (C=O) groups excluding carboxylic acids is 1. The molecule has 0 aliphatic rings. The van der Waals surface area contributed by atoms with Gasteiger partial charge in [-0.1, -0.05) is 12.1 Å². The van der Waals surface area contributed by atoms with Gasteiger partial charge in [0.05, 0.1) is 5.56 Å². The second-order valence-electron chi connectivity index (χ2n) is 3.44. The molecule has 0 N–H and O–H groups in total. The summed E-state index contributed by atoms with van der Waals surface area (Å²) in [5, 5.41) is 0. The molecule has 1 unspecified atom stereocenters. The van der Waals surface area contributed by atoms with Gasteiger partial charge in [0.15, 0.2) is 5.78 Å². The lowest BCUT2D eigenvalue weighted by Crippen LogP contribution is -2.22. The summed E-state index contributed by atoms with van der Waals surface area (Å²) in [6.45, 7) is -1.24. The van der Waals surface area contributed by atoms with Gasteiger partial charge in [0, 0.05) is 5.56 Å². The first-order valence-electron chi connectivity index (χ1n) is 4.84. The van der Waals surface area contributed by atoms with E-state index in [1.807, 2.05) is 0 Å². The van der Waals surface area contributed by atoms with E-state index in [9.17, 15) is 35.3 Å².